The van der Waals surface area contributed by atoms with Gasteiger partial charge in [0.1, 0.15) is 19.3 Å². The number of carbonyl (C=O) groups excluding carboxylic acids is 4. The molecule has 19 heteroatoms. The number of aliphatic hydroxyl groups excluding tert-OH is 1. The van der Waals surface area contributed by atoms with E-state index >= 15 is 0 Å². The lowest BCUT2D eigenvalue weighted by atomic mass is 10.00. The zero-order valence-corrected chi connectivity index (χ0v) is 65.9. The van der Waals surface area contributed by atoms with Gasteiger partial charge in [-0.2, -0.15) is 0 Å². The van der Waals surface area contributed by atoms with E-state index in [-0.39, 0.29) is 25.7 Å². The van der Waals surface area contributed by atoms with Gasteiger partial charge in [-0.3, -0.25) is 37.3 Å². The summed E-state index contributed by atoms with van der Waals surface area (Å²) >= 11 is 0. The Balaban J connectivity index is 5.19. The van der Waals surface area contributed by atoms with Crippen molar-refractivity contribution in [3.8, 4) is 0 Å². The molecule has 0 aliphatic rings. The Kier molecular flexibility index (Phi) is 69.3. The first-order valence-electron chi connectivity index (χ1n) is 41.1. The van der Waals surface area contributed by atoms with Crippen LogP contribution in [0.5, 0.6) is 0 Å². The van der Waals surface area contributed by atoms with Crippen LogP contribution in [0.25, 0.3) is 0 Å². The van der Waals surface area contributed by atoms with E-state index in [4.69, 9.17) is 37.0 Å². The van der Waals surface area contributed by atoms with Crippen LogP contribution in [0.4, 0.5) is 0 Å². The van der Waals surface area contributed by atoms with Crippen LogP contribution in [0, 0.1) is 11.8 Å². The van der Waals surface area contributed by atoms with Crippen molar-refractivity contribution in [1.29, 1.82) is 0 Å². The second-order valence-electron chi connectivity index (χ2n) is 28.9. The minimum Gasteiger partial charge on any atom is -0.462 e. The van der Waals surface area contributed by atoms with Crippen LogP contribution in [0.1, 0.15) is 414 Å². The molecule has 0 spiro atoms. The van der Waals surface area contributed by atoms with Crippen molar-refractivity contribution in [2.75, 3.05) is 39.6 Å². The molecule has 0 bridgehead atoms. The van der Waals surface area contributed by atoms with Gasteiger partial charge in [-0.15, -0.1) is 0 Å². The molecule has 3 N–H and O–H groups in total. The highest BCUT2D eigenvalue weighted by Crippen LogP contribution is 2.45. The molecule has 17 nitrogen and oxygen atoms in total. The van der Waals surface area contributed by atoms with Crippen LogP contribution in [-0.2, 0) is 65.4 Å². The van der Waals surface area contributed by atoms with Crippen molar-refractivity contribution in [3.05, 3.63) is 0 Å². The molecular weight excluding hydrogens is 1280 g/mol. The first kappa shape index (κ1) is 96.1. The first-order chi connectivity index (χ1) is 47.4. The van der Waals surface area contributed by atoms with E-state index < -0.39 is 97.5 Å². The van der Waals surface area contributed by atoms with Crippen LogP contribution < -0.4 is 0 Å². The van der Waals surface area contributed by atoms with Crippen molar-refractivity contribution in [3.63, 3.8) is 0 Å². The van der Waals surface area contributed by atoms with Crippen molar-refractivity contribution in [2.24, 2.45) is 11.8 Å². The number of unbranched alkanes of at least 4 members (excludes halogenated alkanes) is 46. The standard InChI is InChI=1S/C79H154O17P2/c1-7-11-13-15-17-19-21-23-25-27-28-29-30-31-32-34-36-38-40-42-51-57-63-78(83)95-74(67-89-76(81)61-55-49-41-39-37-35-33-26-24-22-20-18-16-14-12-8-2)69-93-97(85,86)91-65-73(80)66-92-98(87,88)94-70-75(96-79(84)64-58-52-46-44-48-54-60-72(6)10-4)68-90-77(82)62-56-50-45-43-47-53-59-71(5)9-3/h71-75,80H,7-70H2,1-6H3,(H,85,86)(H,87,88)/t71?,72?,73-,74-,75-/m1/s1. The summed E-state index contributed by atoms with van der Waals surface area (Å²) in [6.45, 7) is 9.52. The van der Waals surface area contributed by atoms with Crippen LogP contribution >= 0.6 is 15.6 Å². The Hall–Kier alpha value is -1.94. The van der Waals surface area contributed by atoms with E-state index in [1.807, 2.05) is 0 Å². The van der Waals surface area contributed by atoms with E-state index in [2.05, 4.69) is 41.5 Å². The quantitative estimate of drug-likeness (QED) is 0.0222. The average molecular weight is 1440 g/mol. The number of hydrogen-bond acceptors (Lipinski definition) is 15. The number of aliphatic hydroxyl groups is 1. The molecule has 0 aromatic heterocycles. The molecule has 0 radical (unpaired) electrons. The molecule has 98 heavy (non-hydrogen) atoms. The van der Waals surface area contributed by atoms with Crippen molar-refractivity contribution < 1.29 is 80.2 Å². The molecule has 582 valence electrons. The highest BCUT2D eigenvalue weighted by molar-refractivity contribution is 7.47. The number of esters is 4. The molecule has 0 aromatic carbocycles. The molecule has 0 heterocycles. The molecule has 0 saturated carbocycles. The second kappa shape index (κ2) is 70.7. The minimum absolute atomic E-state index is 0.102. The Morgan fingerprint density at radius 2 is 0.490 bits per heavy atom. The number of phosphoric acid groups is 2. The molecule has 0 saturated heterocycles. The van der Waals surface area contributed by atoms with Crippen molar-refractivity contribution in [2.45, 2.75) is 432 Å². The summed E-state index contributed by atoms with van der Waals surface area (Å²) in [6, 6.07) is 0. The molecule has 0 aliphatic heterocycles. The number of rotatable bonds is 78. The lowest BCUT2D eigenvalue weighted by Gasteiger charge is -2.21. The van der Waals surface area contributed by atoms with E-state index in [0.29, 0.717) is 25.7 Å². The summed E-state index contributed by atoms with van der Waals surface area (Å²) in [5.74, 6) is -0.667. The predicted octanol–water partition coefficient (Wildman–Crippen LogP) is 23.5. The smallest absolute Gasteiger partial charge is 0.462 e. The fourth-order valence-corrected chi connectivity index (χ4v) is 13.7. The zero-order valence-electron chi connectivity index (χ0n) is 64.1. The summed E-state index contributed by atoms with van der Waals surface area (Å²) in [5.41, 5.74) is 0. The lowest BCUT2D eigenvalue weighted by Crippen LogP contribution is -2.30. The molecule has 0 rings (SSSR count). The highest BCUT2D eigenvalue weighted by Gasteiger charge is 2.30. The topological polar surface area (TPSA) is 237 Å². The maximum atomic E-state index is 13.1. The van der Waals surface area contributed by atoms with Gasteiger partial charge in [0, 0.05) is 25.7 Å². The van der Waals surface area contributed by atoms with Gasteiger partial charge in [0.15, 0.2) is 12.2 Å². The van der Waals surface area contributed by atoms with Crippen LogP contribution in [0.15, 0.2) is 0 Å². The van der Waals surface area contributed by atoms with E-state index in [0.717, 1.165) is 108 Å². The number of phosphoric ester groups is 2. The fourth-order valence-electron chi connectivity index (χ4n) is 12.1. The Morgan fingerprint density at radius 1 is 0.286 bits per heavy atom. The normalized spacial score (nSPS) is 14.5. The van der Waals surface area contributed by atoms with Gasteiger partial charge in [0.2, 0.25) is 0 Å². The maximum Gasteiger partial charge on any atom is 0.472 e. The average Bonchev–Trinajstić information content (AvgIpc) is 0.977. The summed E-state index contributed by atoms with van der Waals surface area (Å²) in [5, 5.41) is 10.6. The highest BCUT2D eigenvalue weighted by atomic mass is 31.2. The summed E-state index contributed by atoms with van der Waals surface area (Å²) in [4.78, 5) is 72.9. The SMILES string of the molecule is CCCCCCCCCCCCCCCCCCCCCCCCC(=O)O[C@H](COC(=O)CCCCCCCCCCCCCCCCCC)COP(=O)(O)OC[C@@H](O)COP(=O)(O)OC[C@@H](COC(=O)CCCCCCCCC(C)CC)OC(=O)CCCCCCCCC(C)CC. The number of carbonyl (C=O) groups is 4. The van der Waals surface area contributed by atoms with Crippen LogP contribution in [-0.4, -0.2) is 96.7 Å². The van der Waals surface area contributed by atoms with Crippen molar-refractivity contribution in [1.82, 2.24) is 0 Å². The summed E-state index contributed by atoms with van der Waals surface area (Å²) < 4.78 is 68.6. The number of hydrogen-bond donors (Lipinski definition) is 3. The second-order valence-corrected chi connectivity index (χ2v) is 31.8. The first-order valence-corrected chi connectivity index (χ1v) is 44.1. The molecule has 0 amide bonds. The monoisotopic (exact) mass is 1440 g/mol. The third kappa shape index (κ3) is 69.8. The maximum absolute atomic E-state index is 13.1. The van der Waals surface area contributed by atoms with Gasteiger partial charge >= 0.3 is 39.5 Å². The van der Waals surface area contributed by atoms with Gasteiger partial charge in [0.05, 0.1) is 26.4 Å². The van der Waals surface area contributed by atoms with E-state index in [1.54, 1.807) is 0 Å². The zero-order chi connectivity index (χ0) is 72.1. The van der Waals surface area contributed by atoms with Gasteiger partial charge < -0.3 is 33.8 Å². The molecule has 0 aromatic rings. The van der Waals surface area contributed by atoms with Gasteiger partial charge in [-0.05, 0) is 37.5 Å². The molecule has 7 atom stereocenters. The largest absolute Gasteiger partial charge is 0.472 e. The molecule has 4 unspecified atom stereocenters. The predicted molar refractivity (Wildman–Crippen MR) is 400 cm³/mol. The Morgan fingerprint density at radius 3 is 0.724 bits per heavy atom. The van der Waals surface area contributed by atoms with Crippen molar-refractivity contribution >= 4 is 39.5 Å². The van der Waals surface area contributed by atoms with Gasteiger partial charge in [0.25, 0.3) is 0 Å². The van der Waals surface area contributed by atoms with Crippen LogP contribution in [0.3, 0.4) is 0 Å². The third-order valence-corrected chi connectivity index (χ3v) is 21.1. The summed E-state index contributed by atoms with van der Waals surface area (Å²) in [6.07, 6.45) is 60.0. The Bertz CT molecular complexity index is 1890. The molecule has 0 aliphatic carbocycles. The minimum atomic E-state index is -4.96. The molecular formula is C79H154O17P2. The van der Waals surface area contributed by atoms with Gasteiger partial charge in [-0.25, -0.2) is 9.13 Å². The third-order valence-electron chi connectivity index (χ3n) is 19.2. The van der Waals surface area contributed by atoms with E-state index in [1.165, 1.54) is 225 Å². The Labute approximate surface area is 600 Å². The molecule has 0 fully saturated rings. The summed E-state index contributed by atoms with van der Waals surface area (Å²) in [7, 11) is -9.91. The van der Waals surface area contributed by atoms with Crippen LogP contribution in [0.2, 0.25) is 0 Å². The lowest BCUT2D eigenvalue weighted by molar-refractivity contribution is -0.161. The number of ether oxygens (including phenoxy) is 4. The van der Waals surface area contributed by atoms with Gasteiger partial charge in [-0.1, -0.05) is 363 Å². The van der Waals surface area contributed by atoms with E-state index in [9.17, 15) is 43.2 Å². The fraction of sp³-hybridized carbons (Fsp3) is 0.949.